The minimum atomic E-state index is 0.355. The van der Waals surface area contributed by atoms with Crippen LogP contribution in [-0.2, 0) is 0 Å². The molecule has 0 spiro atoms. The molecule has 1 saturated heterocycles. The highest BCUT2D eigenvalue weighted by Crippen LogP contribution is 2.28. The second kappa shape index (κ2) is 5.61. The summed E-state index contributed by atoms with van der Waals surface area (Å²) in [7, 11) is 0. The first-order valence-electron chi connectivity index (χ1n) is 6.56. The van der Waals surface area contributed by atoms with Gasteiger partial charge in [-0.05, 0) is 42.5 Å². The van der Waals surface area contributed by atoms with Crippen LogP contribution in [-0.4, -0.2) is 29.5 Å². The summed E-state index contributed by atoms with van der Waals surface area (Å²) in [4.78, 5) is 6.60. The molecule has 0 aliphatic carbocycles. The number of hydrogen-bond donors (Lipinski definition) is 1. The number of likely N-dealkylation sites (tertiary alicyclic amines) is 1. The van der Waals surface area contributed by atoms with Gasteiger partial charge in [0.15, 0.2) is 0 Å². The molecule has 1 aliphatic rings. The summed E-state index contributed by atoms with van der Waals surface area (Å²) >= 11 is 0. The molecule has 1 aliphatic heterocycles. The van der Waals surface area contributed by atoms with E-state index >= 15 is 0 Å². The zero-order valence-corrected chi connectivity index (χ0v) is 10.8. The summed E-state index contributed by atoms with van der Waals surface area (Å²) in [6.07, 6.45) is 4.99. The van der Waals surface area contributed by atoms with Gasteiger partial charge in [0.05, 0.1) is 0 Å². The Morgan fingerprint density at radius 1 is 1.35 bits per heavy atom. The average Bonchev–Trinajstić information content (AvgIpc) is 2.36. The first kappa shape index (κ1) is 12.5. The summed E-state index contributed by atoms with van der Waals surface area (Å²) in [6, 6.07) is 4.52. The van der Waals surface area contributed by atoms with Gasteiger partial charge in [-0.15, -0.1) is 0 Å². The molecule has 17 heavy (non-hydrogen) atoms. The van der Waals surface area contributed by atoms with Crippen molar-refractivity contribution in [3.05, 3.63) is 30.1 Å². The van der Waals surface area contributed by atoms with Crippen LogP contribution < -0.4 is 5.73 Å². The molecule has 1 aromatic rings. The lowest BCUT2D eigenvalue weighted by Gasteiger charge is -2.40. The second-order valence-electron chi connectivity index (χ2n) is 5.27. The molecule has 0 radical (unpaired) electrons. The Balaban J connectivity index is 2.09. The van der Waals surface area contributed by atoms with Gasteiger partial charge in [0.25, 0.3) is 0 Å². The highest BCUT2D eigenvalue weighted by Gasteiger charge is 2.27. The Morgan fingerprint density at radius 2 is 2.06 bits per heavy atom. The summed E-state index contributed by atoms with van der Waals surface area (Å²) < 4.78 is 0. The number of piperidine rings is 1. The minimum absolute atomic E-state index is 0.355. The molecule has 2 heterocycles. The summed E-state index contributed by atoms with van der Waals surface area (Å²) in [5, 5.41) is 0. The fourth-order valence-electron chi connectivity index (χ4n) is 2.66. The van der Waals surface area contributed by atoms with Gasteiger partial charge >= 0.3 is 0 Å². The molecule has 2 N–H and O–H groups in total. The molecule has 0 aromatic carbocycles. The van der Waals surface area contributed by atoms with E-state index in [9.17, 15) is 0 Å². The molecule has 3 heteroatoms. The van der Waals surface area contributed by atoms with Gasteiger partial charge in [0.1, 0.15) is 0 Å². The van der Waals surface area contributed by atoms with E-state index in [0.717, 1.165) is 24.9 Å². The third-order valence-electron chi connectivity index (χ3n) is 4.12. The van der Waals surface area contributed by atoms with Gasteiger partial charge in [0.2, 0.25) is 0 Å². The Kier molecular flexibility index (Phi) is 4.13. The van der Waals surface area contributed by atoms with E-state index in [1.807, 2.05) is 12.4 Å². The van der Waals surface area contributed by atoms with Gasteiger partial charge in [-0.3, -0.25) is 9.88 Å². The molecule has 3 nitrogen and oxygen atoms in total. The Labute approximate surface area is 104 Å². The number of pyridine rings is 1. The minimum Gasteiger partial charge on any atom is -0.329 e. The largest absolute Gasteiger partial charge is 0.329 e. The van der Waals surface area contributed by atoms with E-state index in [-0.39, 0.29) is 0 Å². The van der Waals surface area contributed by atoms with Crippen molar-refractivity contribution in [2.24, 2.45) is 17.6 Å². The SMILES string of the molecule is CC1CCN(C(CN)c2ccncc2)CC1C. The van der Waals surface area contributed by atoms with Crippen LogP contribution in [0.3, 0.4) is 0 Å². The predicted molar refractivity (Wildman–Crippen MR) is 70.6 cm³/mol. The average molecular weight is 233 g/mol. The zero-order valence-electron chi connectivity index (χ0n) is 10.8. The van der Waals surface area contributed by atoms with E-state index in [1.54, 1.807) is 0 Å². The monoisotopic (exact) mass is 233 g/mol. The lowest BCUT2D eigenvalue weighted by Crippen LogP contribution is -2.43. The van der Waals surface area contributed by atoms with Crippen LogP contribution in [0.2, 0.25) is 0 Å². The molecule has 0 amide bonds. The predicted octanol–water partition coefficient (Wildman–Crippen LogP) is 2.06. The summed E-state index contributed by atoms with van der Waals surface area (Å²) in [5.41, 5.74) is 7.25. The standard InChI is InChI=1S/C14H23N3/c1-11-5-8-17(10-12(11)2)14(9-15)13-3-6-16-7-4-13/h3-4,6-7,11-12,14H,5,8-10,15H2,1-2H3. The smallest absolute Gasteiger partial charge is 0.0471 e. The summed E-state index contributed by atoms with van der Waals surface area (Å²) in [6.45, 7) is 7.70. The fraction of sp³-hybridized carbons (Fsp3) is 0.643. The van der Waals surface area contributed by atoms with Crippen LogP contribution in [0.5, 0.6) is 0 Å². The van der Waals surface area contributed by atoms with Crippen molar-refractivity contribution in [3.63, 3.8) is 0 Å². The third kappa shape index (κ3) is 2.85. The van der Waals surface area contributed by atoms with Gasteiger partial charge in [-0.2, -0.15) is 0 Å². The van der Waals surface area contributed by atoms with Gasteiger partial charge in [0, 0.05) is 31.5 Å². The Hall–Kier alpha value is -0.930. The van der Waals surface area contributed by atoms with Crippen LogP contribution in [0.1, 0.15) is 31.9 Å². The molecule has 1 aromatic heterocycles. The van der Waals surface area contributed by atoms with Crippen molar-refractivity contribution in [1.29, 1.82) is 0 Å². The molecule has 1 fully saturated rings. The lowest BCUT2D eigenvalue weighted by molar-refractivity contribution is 0.0983. The van der Waals surface area contributed by atoms with Crippen molar-refractivity contribution in [2.75, 3.05) is 19.6 Å². The second-order valence-corrected chi connectivity index (χ2v) is 5.27. The molecule has 0 bridgehead atoms. The molecular weight excluding hydrogens is 210 g/mol. The molecule has 2 rings (SSSR count). The van der Waals surface area contributed by atoms with Crippen LogP contribution in [0.25, 0.3) is 0 Å². The van der Waals surface area contributed by atoms with Crippen molar-refractivity contribution < 1.29 is 0 Å². The maximum atomic E-state index is 5.95. The van der Waals surface area contributed by atoms with E-state index < -0.39 is 0 Å². The topological polar surface area (TPSA) is 42.1 Å². The quantitative estimate of drug-likeness (QED) is 0.869. The summed E-state index contributed by atoms with van der Waals surface area (Å²) in [5.74, 6) is 1.60. The van der Waals surface area contributed by atoms with Gasteiger partial charge in [-0.1, -0.05) is 13.8 Å². The first-order valence-corrected chi connectivity index (χ1v) is 6.56. The van der Waals surface area contributed by atoms with Crippen molar-refractivity contribution >= 4 is 0 Å². The molecule has 94 valence electrons. The van der Waals surface area contributed by atoms with E-state index in [4.69, 9.17) is 5.73 Å². The highest BCUT2D eigenvalue weighted by molar-refractivity contribution is 5.16. The van der Waals surface area contributed by atoms with Crippen LogP contribution in [0.4, 0.5) is 0 Å². The van der Waals surface area contributed by atoms with Crippen molar-refractivity contribution in [3.8, 4) is 0 Å². The first-order chi connectivity index (χ1) is 8.22. The maximum absolute atomic E-state index is 5.95. The number of rotatable bonds is 3. The van der Waals surface area contributed by atoms with Gasteiger partial charge in [-0.25, -0.2) is 0 Å². The molecule has 0 saturated carbocycles. The number of nitrogens with two attached hydrogens (primary N) is 1. The number of aromatic nitrogens is 1. The van der Waals surface area contributed by atoms with Crippen LogP contribution in [0, 0.1) is 11.8 Å². The fourth-order valence-corrected chi connectivity index (χ4v) is 2.66. The lowest BCUT2D eigenvalue weighted by atomic mass is 9.87. The molecular formula is C14H23N3. The maximum Gasteiger partial charge on any atom is 0.0471 e. The molecule has 3 unspecified atom stereocenters. The third-order valence-corrected chi connectivity index (χ3v) is 4.12. The number of nitrogens with zero attached hydrogens (tertiary/aromatic N) is 2. The van der Waals surface area contributed by atoms with E-state index in [1.165, 1.54) is 12.0 Å². The Morgan fingerprint density at radius 3 is 2.65 bits per heavy atom. The zero-order chi connectivity index (χ0) is 12.3. The van der Waals surface area contributed by atoms with Crippen molar-refractivity contribution in [1.82, 2.24) is 9.88 Å². The van der Waals surface area contributed by atoms with Gasteiger partial charge < -0.3 is 5.73 Å². The number of hydrogen-bond acceptors (Lipinski definition) is 3. The van der Waals surface area contributed by atoms with Crippen LogP contribution in [0.15, 0.2) is 24.5 Å². The highest BCUT2D eigenvalue weighted by atomic mass is 15.2. The Bertz CT molecular complexity index is 339. The van der Waals surface area contributed by atoms with Crippen LogP contribution >= 0.6 is 0 Å². The van der Waals surface area contributed by atoms with E-state index in [2.05, 4.69) is 35.9 Å². The normalized spacial score (nSPS) is 27.9. The van der Waals surface area contributed by atoms with E-state index in [0.29, 0.717) is 12.6 Å². The van der Waals surface area contributed by atoms with Crippen molar-refractivity contribution in [2.45, 2.75) is 26.3 Å². The molecule has 3 atom stereocenters.